The number of hydrogen-bond donors (Lipinski definition) is 0. The van der Waals surface area contributed by atoms with Gasteiger partial charge in [-0.1, -0.05) is 39.0 Å². The Morgan fingerprint density at radius 3 is 2.31 bits per heavy atom. The predicted molar refractivity (Wildman–Crippen MR) is 116 cm³/mol. The van der Waals surface area contributed by atoms with Gasteiger partial charge in [0.05, 0.1) is 6.10 Å². The zero-order valence-electron chi connectivity index (χ0n) is 18.3. The van der Waals surface area contributed by atoms with Crippen LogP contribution in [0.1, 0.15) is 58.9 Å². The molecule has 1 atom stereocenters. The van der Waals surface area contributed by atoms with Gasteiger partial charge < -0.3 is 9.47 Å². The first-order chi connectivity index (χ1) is 13.7. The Bertz CT molecular complexity index is 908. The SMILES string of the molecule is CN1C(=O)OC[C@@]1(C)c1ccc2cc(OC3CCC(C(C)(C)C)CC3)ccc2c1. The lowest BCUT2D eigenvalue weighted by Gasteiger charge is -2.37. The molecule has 4 rings (SSSR count). The van der Waals surface area contributed by atoms with E-state index in [9.17, 15) is 4.79 Å². The average Bonchev–Trinajstić information content (AvgIpc) is 2.96. The fraction of sp³-hybridized carbons (Fsp3) is 0.560. The number of nitrogens with zero attached hydrogens (tertiary/aromatic N) is 1. The quantitative estimate of drug-likeness (QED) is 0.628. The van der Waals surface area contributed by atoms with E-state index in [1.807, 2.05) is 6.92 Å². The molecule has 1 saturated heterocycles. The van der Waals surface area contributed by atoms with Crippen LogP contribution in [0, 0.1) is 11.3 Å². The van der Waals surface area contributed by atoms with E-state index in [1.54, 1.807) is 11.9 Å². The molecule has 1 amide bonds. The first-order valence-corrected chi connectivity index (χ1v) is 10.8. The van der Waals surface area contributed by atoms with Gasteiger partial charge in [-0.25, -0.2) is 4.79 Å². The zero-order chi connectivity index (χ0) is 20.8. The minimum atomic E-state index is -0.424. The van der Waals surface area contributed by atoms with Gasteiger partial charge in [-0.05, 0) is 78.5 Å². The molecule has 1 aliphatic carbocycles. The van der Waals surface area contributed by atoms with Gasteiger partial charge in [0.15, 0.2) is 0 Å². The van der Waals surface area contributed by atoms with Crippen LogP contribution in [0.3, 0.4) is 0 Å². The number of fused-ring (bicyclic) bond motifs is 1. The number of likely N-dealkylation sites (N-methyl/N-ethyl adjacent to an activating group) is 1. The molecule has 4 nitrogen and oxygen atoms in total. The largest absolute Gasteiger partial charge is 0.490 e. The van der Waals surface area contributed by atoms with Crippen molar-refractivity contribution in [1.82, 2.24) is 4.90 Å². The summed E-state index contributed by atoms with van der Waals surface area (Å²) in [7, 11) is 1.80. The summed E-state index contributed by atoms with van der Waals surface area (Å²) >= 11 is 0. The number of hydrogen-bond acceptors (Lipinski definition) is 3. The van der Waals surface area contributed by atoms with E-state index in [1.165, 1.54) is 12.8 Å². The lowest BCUT2D eigenvalue weighted by Crippen LogP contribution is -2.39. The first kappa shape index (κ1) is 20.1. The van der Waals surface area contributed by atoms with E-state index in [-0.39, 0.29) is 6.09 Å². The van der Waals surface area contributed by atoms with Crippen LogP contribution in [0.25, 0.3) is 10.8 Å². The molecule has 156 valence electrons. The van der Waals surface area contributed by atoms with Gasteiger partial charge in [0.2, 0.25) is 0 Å². The molecule has 0 bridgehead atoms. The molecule has 0 aromatic heterocycles. The summed E-state index contributed by atoms with van der Waals surface area (Å²) in [5.74, 6) is 1.75. The van der Waals surface area contributed by atoms with Gasteiger partial charge in [-0.3, -0.25) is 4.90 Å². The van der Waals surface area contributed by atoms with E-state index in [2.05, 4.69) is 57.2 Å². The summed E-state index contributed by atoms with van der Waals surface area (Å²) in [6.07, 6.45) is 4.82. The minimum Gasteiger partial charge on any atom is -0.490 e. The van der Waals surface area contributed by atoms with Gasteiger partial charge in [-0.2, -0.15) is 0 Å². The van der Waals surface area contributed by atoms with Crippen LogP contribution in [0.4, 0.5) is 4.79 Å². The highest BCUT2D eigenvalue weighted by Crippen LogP contribution is 2.39. The Balaban J connectivity index is 1.48. The Morgan fingerprint density at radius 2 is 1.69 bits per heavy atom. The molecular weight excluding hydrogens is 362 g/mol. The van der Waals surface area contributed by atoms with Gasteiger partial charge in [0.1, 0.15) is 17.9 Å². The molecule has 1 saturated carbocycles. The number of carbonyl (C=O) groups excluding carboxylic acids is 1. The number of amides is 1. The number of rotatable bonds is 3. The van der Waals surface area contributed by atoms with E-state index in [0.29, 0.717) is 18.1 Å². The lowest BCUT2D eigenvalue weighted by molar-refractivity contribution is 0.0883. The van der Waals surface area contributed by atoms with Crippen molar-refractivity contribution in [1.29, 1.82) is 0 Å². The molecule has 0 N–H and O–H groups in total. The molecule has 29 heavy (non-hydrogen) atoms. The molecule has 1 aliphatic heterocycles. The van der Waals surface area contributed by atoms with Gasteiger partial charge >= 0.3 is 6.09 Å². The van der Waals surface area contributed by atoms with Crippen LogP contribution in [0.2, 0.25) is 0 Å². The van der Waals surface area contributed by atoms with Crippen LogP contribution >= 0.6 is 0 Å². The van der Waals surface area contributed by atoms with Gasteiger partial charge in [0.25, 0.3) is 0 Å². The molecule has 2 aromatic carbocycles. The fourth-order valence-electron chi connectivity index (χ4n) is 4.75. The van der Waals surface area contributed by atoms with Crippen molar-refractivity contribution in [3.63, 3.8) is 0 Å². The highest BCUT2D eigenvalue weighted by Gasteiger charge is 2.42. The van der Waals surface area contributed by atoms with E-state index < -0.39 is 5.54 Å². The van der Waals surface area contributed by atoms with E-state index >= 15 is 0 Å². The standard InChI is InChI=1S/C25H33NO3/c1-24(2,3)19-9-12-21(13-10-19)29-22-11-7-17-14-20(8-6-18(17)15-22)25(4)16-28-23(27)26(25)5/h6-8,11,14-15,19,21H,9-10,12-13,16H2,1-5H3/t19?,21?,25-/m0/s1. The molecular formula is C25H33NO3. The summed E-state index contributed by atoms with van der Waals surface area (Å²) < 4.78 is 11.6. The second kappa shape index (κ2) is 7.23. The van der Waals surface area contributed by atoms with Crippen molar-refractivity contribution < 1.29 is 14.3 Å². The molecule has 2 aromatic rings. The smallest absolute Gasteiger partial charge is 0.410 e. The highest BCUT2D eigenvalue weighted by atomic mass is 16.6. The molecule has 0 radical (unpaired) electrons. The van der Waals surface area contributed by atoms with Crippen molar-refractivity contribution in [2.45, 2.75) is 65.0 Å². The third-order valence-electron chi connectivity index (χ3n) is 7.13. The molecule has 0 unspecified atom stereocenters. The van der Waals surface area contributed by atoms with Crippen molar-refractivity contribution in [2.75, 3.05) is 13.7 Å². The van der Waals surface area contributed by atoms with Crippen LogP contribution in [-0.2, 0) is 10.3 Å². The Kier molecular flexibility index (Phi) is 5.00. The minimum absolute atomic E-state index is 0.266. The normalized spacial score (nSPS) is 27.9. The van der Waals surface area contributed by atoms with Crippen LogP contribution in [0.5, 0.6) is 5.75 Å². The summed E-state index contributed by atoms with van der Waals surface area (Å²) in [6.45, 7) is 9.48. The summed E-state index contributed by atoms with van der Waals surface area (Å²) in [5.41, 5.74) is 1.06. The number of cyclic esters (lactones) is 1. The second-order valence-corrected chi connectivity index (χ2v) is 10.1. The molecule has 2 fully saturated rings. The predicted octanol–water partition coefficient (Wildman–Crippen LogP) is 6.12. The van der Waals surface area contributed by atoms with Crippen LogP contribution < -0.4 is 4.74 Å². The Hall–Kier alpha value is -2.23. The third-order valence-corrected chi connectivity index (χ3v) is 7.13. The van der Waals surface area contributed by atoms with Crippen molar-refractivity contribution in [3.05, 3.63) is 42.0 Å². The first-order valence-electron chi connectivity index (χ1n) is 10.8. The Labute approximate surface area is 174 Å². The average molecular weight is 396 g/mol. The number of benzene rings is 2. The van der Waals surface area contributed by atoms with Gasteiger partial charge in [0, 0.05) is 7.05 Å². The van der Waals surface area contributed by atoms with Crippen molar-refractivity contribution in [3.8, 4) is 5.75 Å². The van der Waals surface area contributed by atoms with Crippen molar-refractivity contribution in [2.24, 2.45) is 11.3 Å². The van der Waals surface area contributed by atoms with Crippen LogP contribution in [-0.4, -0.2) is 30.8 Å². The number of ether oxygens (including phenoxy) is 2. The summed E-state index contributed by atoms with van der Waals surface area (Å²) in [4.78, 5) is 13.5. The maximum atomic E-state index is 11.8. The number of carbonyl (C=O) groups is 1. The summed E-state index contributed by atoms with van der Waals surface area (Å²) in [5, 5.41) is 2.31. The molecule has 4 heteroatoms. The van der Waals surface area contributed by atoms with E-state index in [0.717, 1.165) is 40.8 Å². The highest BCUT2D eigenvalue weighted by molar-refractivity contribution is 5.85. The molecule has 1 heterocycles. The van der Waals surface area contributed by atoms with E-state index in [4.69, 9.17) is 9.47 Å². The lowest BCUT2D eigenvalue weighted by atomic mass is 9.72. The van der Waals surface area contributed by atoms with Gasteiger partial charge in [-0.15, -0.1) is 0 Å². The van der Waals surface area contributed by atoms with Crippen molar-refractivity contribution >= 4 is 16.9 Å². The Morgan fingerprint density at radius 1 is 1.03 bits per heavy atom. The fourth-order valence-corrected chi connectivity index (χ4v) is 4.75. The molecule has 2 aliphatic rings. The maximum Gasteiger partial charge on any atom is 0.410 e. The topological polar surface area (TPSA) is 38.8 Å². The zero-order valence-corrected chi connectivity index (χ0v) is 18.3. The maximum absolute atomic E-state index is 11.8. The molecule has 0 spiro atoms. The monoisotopic (exact) mass is 395 g/mol. The van der Waals surface area contributed by atoms with Crippen LogP contribution in [0.15, 0.2) is 36.4 Å². The summed E-state index contributed by atoms with van der Waals surface area (Å²) in [6, 6.07) is 12.7. The third kappa shape index (κ3) is 3.82. The second-order valence-electron chi connectivity index (χ2n) is 10.1.